The predicted molar refractivity (Wildman–Crippen MR) is 197 cm³/mol. The van der Waals surface area contributed by atoms with E-state index in [1.165, 1.54) is 39.2 Å². The van der Waals surface area contributed by atoms with Crippen LogP contribution in [-0.2, 0) is 4.74 Å². The summed E-state index contributed by atoms with van der Waals surface area (Å²) in [6.07, 6.45) is 8.42. The van der Waals surface area contributed by atoms with Crippen LogP contribution in [0.4, 0.5) is 5.00 Å². The summed E-state index contributed by atoms with van der Waals surface area (Å²) in [6.45, 7) is 8.34. The molecule has 0 amide bonds. The highest BCUT2D eigenvalue weighted by Crippen LogP contribution is 2.29. The number of carbonyl (C=O) groups is 1. The van der Waals surface area contributed by atoms with Gasteiger partial charge < -0.3 is 19.1 Å². The molecule has 0 bridgehead atoms. The molecule has 0 aliphatic heterocycles. The molecule has 0 saturated carbocycles. The van der Waals surface area contributed by atoms with E-state index in [2.05, 4.69) is 101 Å². The van der Waals surface area contributed by atoms with Crippen molar-refractivity contribution < 1.29 is 19.0 Å². The number of nitrogens with zero attached hydrogens (tertiary/aromatic N) is 1. The molecule has 5 nitrogen and oxygen atoms in total. The first kappa shape index (κ1) is 34.1. The van der Waals surface area contributed by atoms with E-state index < -0.39 is 0 Å². The molecular formula is C40H43NO4S. The number of hydrogen-bond acceptors (Lipinski definition) is 6. The van der Waals surface area contributed by atoms with E-state index in [1.807, 2.05) is 42.5 Å². The number of anilines is 1. The third-order valence-corrected chi connectivity index (χ3v) is 9.25. The maximum atomic E-state index is 12.0. The zero-order chi connectivity index (χ0) is 33.4. The first-order chi connectivity index (χ1) is 22.1. The summed E-state index contributed by atoms with van der Waals surface area (Å²) in [6, 6.07) is 24.4. The average molecular weight is 634 g/mol. The lowest BCUT2D eigenvalue weighted by Crippen LogP contribution is -2.05. The van der Waals surface area contributed by atoms with Gasteiger partial charge in [0.25, 0.3) is 0 Å². The fourth-order valence-electron chi connectivity index (χ4n) is 5.12. The standard InChI is InChI=1S/C23H22O3.C17H21NOS/c1-15-13-17(14-22(25-3)16(15)2)9-10-18-11-12-21(23(24)26-4)20-8-6-5-7-19(18)20;1-12-10-14(11-16(19-5)13(12)2)6-7-15-8-9-17(20-15)18(3)4/h5-14H,1-4H3;6-11H,1-5H3/b10-9+;7-6+. The van der Waals surface area contributed by atoms with Gasteiger partial charge in [-0.1, -0.05) is 60.7 Å². The lowest BCUT2D eigenvalue weighted by Gasteiger charge is -2.10. The topological polar surface area (TPSA) is 48.0 Å². The molecule has 0 fully saturated rings. The van der Waals surface area contributed by atoms with Gasteiger partial charge in [0.05, 0.1) is 31.9 Å². The van der Waals surface area contributed by atoms with Gasteiger partial charge in [-0.2, -0.15) is 0 Å². The minimum atomic E-state index is -0.323. The molecule has 6 heteroatoms. The van der Waals surface area contributed by atoms with Crippen molar-refractivity contribution in [1.82, 2.24) is 0 Å². The molecule has 0 aliphatic rings. The molecule has 0 radical (unpaired) electrons. The summed E-state index contributed by atoms with van der Waals surface area (Å²) in [5.74, 6) is 1.51. The lowest BCUT2D eigenvalue weighted by molar-refractivity contribution is 0.0603. The quantitative estimate of drug-likeness (QED) is 0.126. The van der Waals surface area contributed by atoms with E-state index in [0.717, 1.165) is 39.0 Å². The number of rotatable bonds is 8. The van der Waals surface area contributed by atoms with Crippen LogP contribution < -0.4 is 14.4 Å². The van der Waals surface area contributed by atoms with Crippen LogP contribution in [0.25, 0.3) is 35.1 Å². The highest BCUT2D eigenvalue weighted by molar-refractivity contribution is 7.16. The molecule has 0 aliphatic carbocycles. The second kappa shape index (κ2) is 15.5. The third kappa shape index (κ3) is 8.06. The second-order valence-corrected chi connectivity index (χ2v) is 12.4. The number of aryl methyl sites for hydroxylation is 2. The highest BCUT2D eigenvalue weighted by Gasteiger charge is 2.12. The van der Waals surface area contributed by atoms with Crippen molar-refractivity contribution in [1.29, 1.82) is 0 Å². The van der Waals surface area contributed by atoms with Crippen molar-refractivity contribution >= 4 is 57.4 Å². The molecule has 1 aromatic heterocycles. The molecule has 0 spiro atoms. The monoisotopic (exact) mass is 633 g/mol. The molecule has 46 heavy (non-hydrogen) atoms. The van der Waals surface area contributed by atoms with Crippen molar-refractivity contribution in [3.05, 3.63) is 122 Å². The van der Waals surface area contributed by atoms with Crippen LogP contribution in [-0.4, -0.2) is 41.4 Å². The summed E-state index contributed by atoms with van der Waals surface area (Å²) in [4.78, 5) is 15.4. The molecule has 5 rings (SSSR count). The number of thiophene rings is 1. The molecule has 238 valence electrons. The first-order valence-corrected chi connectivity index (χ1v) is 15.9. The van der Waals surface area contributed by atoms with Gasteiger partial charge in [-0.25, -0.2) is 4.79 Å². The Morgan fingerprint density at radius 2 is 1.24 bits per heavy atom. The van der Waals surface area contributed by atoms with Crippen molar-refractivity contribution in [3.8, 4) is 11.5 Å². The van der Waals surface area contributed by atoms with Gasteiger partial charge in [-0.3, -0.25) is 0 Å². The third-order valence-electron chi connectivity index (χ3n) is 8.04. The summed E-state index contributed by atoms with van der Waals surface area (Å²) in [5, 5.41) is 3.17. The average Bonchev–Trinajstić information content (AvgIpc) is 3.55. The van der Waals surface area contributed by atoms with Crippen molar-refractivity contribution in [2.45, 2.75) is 27.7 Å². The van der Waals surface area contributed by atoms with Crippen LogP contribution in [0, 0.1) is 27.7 Å². The number of methoxy groups -OCH3 is 3. The van der Waals surface area contributed by atoms with Crippen LogP contribution in [0.3, 0.4) is 0 Å². The molecule has 1 heterocycles. The highest BCUT2D eigenvalue weighted by atomic mass is 32.1. The Hall–Kier alpha value is -4.81. The summed E-state index contributed by atoms with van der Waals surface area (Å²) >= 11 is 1.79. The lowest BCUT2D eigenvalue weighted by atomic mass is 9.98. The van der Waals surface area contributed by atoms with Gasteiger partial charge in [0.1, 0.15) is 11.5 Å². The number of benzene rings is 4. The van der Waals surface area contributed by atoms with Crippen molar-refractivity contribution in [2.24, 2.45) is 0 Å². The normalized spacial score (nSPS) is 11.1. The molecule has 0 atom stereocenters. The summed E-state index contributed by atoms with van der Waals surface area (Å²) in [5.41, 5.74) is 8.67. The van der Waals surface area contributed by atoms with Gasteiger partial charge >= 0.3 is 5.97 Å². The number of ether oxygens (including phenoxy) is 3. The van der Waals surface area contributed by atoms with Crippen LogP contribution >= 0.6 is 11.3 Å². The predicted octanol–water partition coefficient (Wildman–Crippen LogP) is 10.0. The SMILES string of the molecule is COC(=O)c1ccc(/C=C/c2cc(C)c(C)c(OC)c2)c2ccccc12.COc1cc(/C=C/c2ccc(N(C)C)s2)cc(C)c1C. The molecular weight excluding hydrogens is 591 g/mol. The smallest absolute Gasteiger partial charge is 0.338 e. The van der Waals surface area contributed by atoms with Gasteiger partial charge in [-0.15, -0.1) is 11.3 Å². The first-order valence-electron chi connectivity index (χ1n) is 15.1. The number of esters is 1. The largest absolute Gasteiger partial charge is 0.496 e. The maximum absolute atomic E-state index is 12.0. The Labute approximate surface area is 277 Å². The minimum Gasteiger partial charge on any atom is -0.496 e. The van der Waals surface area contributed by atoms with Gasteiger partial charge in [0, 0.05) is 19.0 Å². The molecule has 0 N–H and O–H groups in total. The van der Waals surface area contributed by atoms with E-state index >= 15 is 0 Å². The number of carbonyl (C=O) groups excluding carboxylic acids is 1. The Kier molecular flexibility index (Phi) is 11.4. The molecule has 0 saturated heterocycles. The Morgan fingerprint density at radius 3 is 1.76 bits per heavy atom. The zero-order valence-electron chi connectivity index (χ0n) is 28.2. The van der Waals surface area contributed by atoms with Crippen LogP contribution in [0.2, 0.25) is 0 Å². The van der Waals surface area contributed by atoms with E-state index in [0.29, 0.717) is 5.56 Å². The number of fused-ring (bicyclic) bond motifs is 1. The summed E-state index contributed by atoms with van der Waals surface area (Å²) in [7, 11) is 8.94. The molecule has 5 aromatic rings. The second-order valence-electron chi connectivity index (χ2n) is 11.3. The van der Waals surface area contributed by atoms with Crippen LogP contribution in [0.5, 0.6) is 11.5 Å². The van der Waals surface area contributed by atoms with Gasteiger partial charge in [-0.05, 0) is 114 Å². The Morgan fingerprint density at radius 1 is 0.674 bits per heavy atom. The molecule has 0 unspecified atom stereocenters. The fourth-order valence-corrected chi connectivity index (χ4v) is 5.95. The number of hydrogen-bond donors (Lipinski definition) is 0. The molecule has 4 aromatic carbocycles. The maximum Gasteiger partial charge on any atom is 0.338 e. The van der Waals surface area contributed by atoms with Crippen LogP contribution in [0.1, 0.15) is 54.2 Å². The summed E-state index contributed by atoms with van der Waals surface area (Å²) < 4.78 is 15.8. The fraction of sp³-hybridized carbons (Fsp3) is 0.225. The van der Waals surface area contributed by atoms with E-state index in [1.54, 1.807) is 25.6 Å². The van der Waals surface area contributed by atoms with Crippen LogP contribution in [0.15, 0.2) is 72.8 Å². The minimum absolute atomic E-state index is 0.323. The van der Waals surface area contributed by atoms with E-state index in [9.17, 15) is 4.79 Å². The van der Waals surface area contributed by atoms with Gasteiger partial charge in [0.2, 0.25) is 0 Å². The zero-order valence-corrected chi connectivity index (χ0v) is 29.0. The van der Waals surface area contributed by atoms with E-state index in [-0.39, 0.29) is 5.97 Å². The van der Waals surface area contributed by atoms with E-state index in [4.69, 9.17) is 14.2 Å². The van der Waals surface area contributed by atoms with Crippen molar-refractivity contribution in [3.63, 3.8) is 0 Å². The Bertz CT molecular complexity index is 1900. The van der Waals surface area contributed by atoms with Gasteiger partial charge in [0.15, 0.2) is 0 Å². The van der Waals surface area contributed by atoms with Crippen molar-refractivity contribution in [2.75, 3.05) is 40.3 Å². The Balaban J connectivity index is 0.000000216.